The van der Waals surface area contributed by atoms with Gasteiger partial charge in [-0.25, -0.2) is 17.5 Å². The van der Waals surface area contributed by atoms with Gasteiger partial charge in [0.05, 0.1) is 12.0 Å². The Balaban J connectivity index is 2.16. The van der Waals surface area contributed by atoms with Gasteiger partial charge in [-0.15, -0.1) is 0 Å². The number of ether oxygens (including phenoxy) is 1. The molecule has 6 nitrogen and oxygen atoms in total. The predicted octanol–water partition coefficient (Wildman–Crippen LogP) is 1.99. The topological polar surface area (TPSA) is 84.5 Å². The molecule has 0 aliphatic carbocycles. The van der Waals surface area contributed by atoms with Crippen molar-refractivity contribution in [1.82, 2.24) is 4.72 Å². The molecule has 122 valence electrons. The van der Waals surface area contributed by atoms with Crippen LogP contribution in [-0.2, 0) is 10.0 Å². The number of rotatable bonds is 5. The zero-order chi connectivity index (χ0) is 17.0. The van der Waals surface area contributed by atoms with Crippen LogP contribution in [0.25, 0.3) is 0 Å². The molecule has 0 aliphatic heterocycles. The lowest BCUT2D eigenvalue weighted by Gasteiger charge is -2.08. The quantitative estimate of drug-likeness (QED) is 0.873. The summed E-state index contributed by atoms with van der Waals surface area (Å²) >= 11 is 0. The van der Waals surface area contributed by atoms with E-state index in [4.69, 9.17) is 4.74 Å². The molecule has 2 N–H and O–H groups in total. The summed E-state index contributed by atoms with van der Waals surface area (Å²) in [5.74, 6) is -1.12. The van der Waals surface area contributed by atoms with Crippen molar-refractivity contribution in [2.45, 2.75) is 4.90 Å². The molecule has 2 aromatic carbocycles. The number of amides is 1. The van der Waals surface area contributed by atoms with Gasteiger partial charge in [0.15, 0.2) is 11.6 Å². The van der Waals surface area contributed by atoms with Gasteiger partial charge >= 0.3 is 0 Å². The van der Waals surface area contributed by atoms with Crippen molar-refractivity contribution in [2.75, 3.05) is 19.5 Å². The van der Waals surface area contributed by atoms with E-state index in [1.165, 1.54) is 50.6 Å². The number of anilines is 1. The Hall–Kier alpha value is -2.45. The highest BCUT2D eigenvalue weighted by molar-refractivity contribution is 7.89. The first kappa shape index (κ1) is 16.9. The number of methoxy groups -OCH3 is 1. The average Bonchev–Trinajstić information content (AvgIpc) is 2.55. The standard InChI is InChI=1S/C15H15FN2O4S/c1-17-23(20,21)12-6-4-11(5-7-12)18-15(19)10-3-8-14(22-2)13(16)9-10/h3-9,17H,1-2H3,(H,18,19). The Labute approximate surface area is 133 Å². The molecule has 0 saturated carbocycles. The smallest absolute Gasteiger partial charge is 0.255 e. The van der Waals surface area contributed by atoms with Crippen LogP contribution in [0.15, 0.2) is 47.4 Å². The van der Waals surface area contributed by atoms with Crippen LogP contribution < -0.4 is 14.8 Å². The van der Waals surface area contributed by atoms with Gasteiger partial charge in [-0.2, -0.15) is 0 Å². The SMILES string of the molecule is CNS(=O)(=O)c1ccc(NC(=O)c2ccc(OC)c(F)c2)cc1. The highest BCUT2D eigenvalue weighted by Gasteiger charge is 2.13. The summed E-state index contributed by atoms with van der Waals surface area (Å²) in [6.45, 7) is 0. The molecule has 1 amide bonds. The van der Waals surface area contributed by atoms with Crippen LogP contribution in [0, 0.1) is 5.82 Å². The van der Waals surface area contributed by atoms with E-state index in [0.717, 1.165) is 6.07 Å². The third-order valence-electron chi connectivity index (χ3n) is 3.11. The van der Waals surface area contributed by atoms with E-state index in [-0.39, 0.29) is 16.2 Å². The Kier molecular flexibility index (Phi) is 4.97. The number of hydrogen-bond donors (Lipinski definition) is 2. The van der Waals surface area contributed by atoms with Gasteiger partial charge in [-0.05, 0) is 49.5 Å². The van der Waals surface area contributed by atoms with Gasteiger partial charge in [0.2, 0.25) is 10.0 Å². The number of sulfonamides is 1. The number of nitrogens with one attached hydrogen (secondary N) is 2. The van der Waals surface area contributed by atoms with Crippen molar-refractivity contribution in [3.8, 4) is 5.75 Å². The van der Waals surface area contributed by atoms with Crippen LogP contribution in [0.3, 0.4) is 0 Å². The lowest BCUT2D eigenvalue weighted by molar-refractivity contribution is 0.102. The molecule has 0 unspecified atom stereocenters. The maximum absolute atomic E-state index is 13.6. The van der Waals surface area contributed by atoms with E-state index < -0.39 is 21.7 Å². The molecule has 0 fully saturated rings. The van der Waals surface area contributed by atoms with Gasteiger partial charge in [0.25, 0.3) is 5.91 Å². The Morgan fingerprint density at radius 2 is 1.78 bits per heavy atom. The van der Waals surface area contributed by atoms with Crippen LogP contribution in [0.2, 0.25) is 0 Å². The van der Waals surface area contributed by atoms with Crippen LogP contribution in [0.1, 0.15) is 10.4 Å². The molecule has 0 aromatic heterocycles. The molecule has 8 heteroatoms. The van der Waals surface area contributed by atoms with Crippen molar-refractivity contribution in [1.29, 1.82) is 0 Å². The molecular formula is C15H15FN2O4S. The van der Waals surface area contributed by atoms with Crippen molar-refractivity contribution >= 4 is 21.6 Å². The van der Waals surface area contributed by atoms with E-state index in [9.17, 15) is 17.6 Å². The summed E-state index contributed by atoms with van der Waals surface area (Å²) in [7, 11) is -0.894. The molecule has 0 radical (unpaired) electrons. The van der Waals surface area contributed by atoms with Crippen LogP contribution in [-0.4, -0.2) is 28.5 Å². The number of benzene rings is 2. The fourth-order valence-electron chi connectivity index (χ4n) is 1.85. The number of carbonyl (C=O) groups excluding carboxylic acids is 1. The Morgan fingerprint density at radius 3 is 2.30 bits per heavy atom. The molecule has 2 aromatic rings. The van der Waals surface area contributed by atoms with Gasteiger partial charge in [0.1, 0.15) is 0 Å². The van der Waals surface area contributed by atoms with E-state index in [1.807, 2.05) is 0 Å². The van der Waals surface area contributed by atoms with Crippen molar-refractivity contribution in [2.24, 2.45) is 0 Å². The minimum atomic E-state index is -3.54. The molecule has 0 saturated heterocycles. The third kappa shape index (κ3) is 3.85. The lowest BCUT2D eigenvalue weighted by Crippen LogP contribution is -2.18. The monoisotopic (exact) mass is 338 g/mol. The molecular weight excluding hydrogens is 323 g/mol. The molecule has 0 bridgehead atoms. The highest BCUT2D eigenvalue weighted by Crippen LogP contribution is 2.19. The maximum Gasteiger partial charge on any atom is 0.255 e. The summed E-state index contributed by atoms with van der Waals surface area (Å²) in [5.41, 5.74) is 0.511. The van der Waals surface area contributed by atoms with Crippen LogP contribution >= 0.6 is 0 Å². The van der Waals surface area contributed by atoms with Crippen LogP contribution in [0.4, 0.5) is 10.1 Å². The minimum Gasteiger partial charge on any atom is -0.494 e. The van der Waals surface area contributed by atoms with Gasteiger partial charge < -0.3 is 10.1 Å². The number of carbonyl (C=O) groups is 1. The fourth-order valence-corrected chi connectivity index (χ4v) is 2.58. The fraction of sp³-hybridized carbons (Fsp3) is 0.133. The number of halogens is 1. The maximum atomic E-state index is 13.6. The summed E-state index contributed by atoms with van der Waals surface area (Å²) < 4.78 is 43.8. The van der Waals surface area contributed by atoms with Crippen molar-refractivity contribution in [3.05, 3.63) is 53.8 Å². The van der Waals surface area contributed by atoms with E-state index in [0.29, 0.717) is 5.69 Å². The number of hydrogen-bond acceptors (Lipinski definition) is 4. The minimum absolute atomic E-state index is 0.0446. The first-order chi connectivity index (χ1) is 10.9. The second kappa shape index (κ2) is 6.76. The summed E-state index contributed by atoms with van der Waals surface area (Å²) in [5, 5.41) is 2.56. The van der Waals surface area contributed by atoms with Gasteiger partial charge in [-0.3, -0.25) is 4.79 Å². The molecule has 0 aliphatic rings. The summed E-state index contributed by atoms with van der Waals surface area (Å²) in [6, 6.07) is 9.45. The normalized spacial score (nSPS) is 11.1. The molecule has 0 heterocycles. The van der Waals surface area contributed by atoms with Crippen LogP contribution in [0.5, 0.6) is 5.75 Å². The summed E-state index contributed by atoms with van der Waals surface area (Å²) in [4.78, 5) is 12.1. The highest BCUT2D eigenvalue weighted by atomic mass is 32.2. The van der Waals surface area contributed by atoms with E-state index in [2.05, 4.69) is 10.0 Å². The second-order valence-corrected chi connectivity index (χ2v) is 6.42. The second-order valence-electron chi connectivity index (χ2n) is 4.54. The molecule has 0 atom stereocenters. The van der Waals surface area contributed by atoms with E-state index >= 15 is 0 Å². The predicted molar refractivity (Wildman–Crippen MR) is 83.6 cm³/mol. The van der Waals surface area contributed by atoms with Gasteiger partial charge in [-0.1, -0.05) is 0 Å². The van der Waals surface area contributed by atoms with E-state index in [1.54, 1.807) is 0 Å². The molecule has 0 spiro atoms. The van der Waals surface area contributed by atoms with Crippen molar-refractivity contribution in [3.63, 3.8) is 0 Å². The first-order valence-electron chi connectivity index (χ1n) is 6.56. The van der Waals surface area contributed by atoms with Crippen molar-refractivity contribution < 1.29 is 22.3 Å². The average molecular weight is 338 g/mol. The Morgan fingerprint density at radius 1 is 1.13 bits per heavy atom. The first-order valence-corrected chi connectivity index (χ1v) is 8.04. The zero-order valence-corrected chi connectivity index (χ0v) is 13.3. The van der Waals surface area contributed by atoms with Gasteiger partial charge in [0, 0.05) is 11.3 Å². The summed E-state index contributed by atoms with van der Waals surface area (Å²) in [6.07, 6.45) is 0. The molecule has 23 heavy (non-hydrogen) atoms. The lowest BCUT2D eigenvalue weighted by atomic mass is 10.2. The Bertz CT molecular complexity index is 820. The largest absolute Gasteiger partial charge is 0.494 e. The molecule has 2 rings (SSSR count). The third-order valence-corrected chi connectivity index (χ3v) is 4.54. The zero-order valence-electron chi connectivity index (χ0n) is 12.5.